The van der Waals surface area contributed by atoms with Crippen molar-refractivity contribution in [2.45, 2.75) is 56.8 Å². The number of amides is 1. The van der Waals surface area contributed by atoms with Gasteiger partial charge in [-0.2, -0.15) is 13.4 Å². The van der Waals surface area contributed by atoms with Crippen LogP contribution in [0.5, 0.6) is 5.88 Å². The van der Waals surface area contributed by atoms with E-state index < -0.39 is 15.9 Å². The van der Waals surface area contributed by atoms with Crippen LogP contribution in [0, 0.1) is 5.92 Å². The Hall–Kier alpha value is -3.50. The highest BCUT2D eigenvalue weighted by molar-refractivity contribution is 7.90. The molecule has 9 nitrogen and oxygen atoms in total. The summed E-state index contributed by atoms with van der Waals surface area (Å²) in [6.07, 6.45) is 3.28. The third kappa shape index (κ3) is 6.23. The summed E-state index contributed by atoms with van der Waals surface area (Å²) in [6.45, 7) is 9.53. The van der Waals surface area contributed by atoms with Crippen LogP contribution in [0.25, 0.3) is 0 Å². The molecule has 208 valence electrons. The van der Waals surface area contributed by atoms with E-state index >= 15 is 0 Å². The van der Waals surface area contributed by atoms with Gasteiger partial charge < -0.3 is 9.64 Å². The summed E-state index contributed by atoms with van der Waals surface area (Å²) in [5.74, 6) is 0.380. The van der Waals surface area contributed by atoms with Crippen molar-refractivity contribution >= 4 is 21.7 Å². The molecule has 0 radical (unpaired) electrons. The van der Waals surface area contributed by atoms with Crippen molar-refractivity contribution in [2.75, 3.05) is 24.5 Å². The molecule has 2 aliphatic rings. The first-order valence-electron chi connectivity index (χ1n) is 13.3. The van der Waals surface area contributed by atoms with Gasteiger partial charge in [0.15, 0.2) is 5.03 Å². The topological polar surface area (TPSA) is 105 Å². The average molecular weight is 552 g/mol. The van der Waals surface area contributed by atoms with E-state index in [9.17, 15) is 13.2 Å². The Morgan fingerprint density at radius 1 is 1.10 bits per heavy atom. The fraction of sp³-hybridized carbons (Fsp3) is 0.414. The van der Waals surface area contributed by atoms with Crippen molar-refractivity contribution in [2.24, 2.45) is 5.92 Å². The number of hydrogen-bond donors (Lipinski definition) is 1. The van der Waals surface area contributed by atoms with Crippen molar-refractivity contribution in [3.63, 3.8) is 0 Å². The molecule has 1 unspecified atom stereocenters. The zero-order valence-electron chi connectivity index (χ0n) is 22.6. The van der Waals surface area contributed by atoms with Crippen molar-refractivity contribution in [1.82, 2.24) is 19.6 Å². The van der Waals surface area contributed by atoms with Gasteiger partial charge in [-0.15, -0.1) is 0 Å². The summed E-state index contributed by atoms with van der Waals surface area (Å²) >= 11 is 0. The number of aromatic nitrogens is 2. The van der Waals surface area contributed by atoms with Crippen LogP contribution >= 0.6 is 0 Å². The number of carbonyl (C=O) groups excluding carboxylic acids is 1. The number of pyridine rings is 2. The molecule has 0 aliphatic carbocycles. The summed E-state index contributed by atoms with van der Waals surface area (Å²) in [4.78, 5) is 26.3. The number of likely N-dealkylation sites (tertiary alicyclic amines) is 1. The van der Waals surface area contributed by atoms with Crippen molar-refractivity contribution in [3.05, 3.63) is 78.0 Å². The van der Waals surface area contributed by atoms with E-state index in [1.807, 2.05) is 18.2 Å². The van der Waals surface area contributed by atoms with Crippen LogP contribution in [0.2, 0.25) is 0 Å². The second-order valence-electron chi connectivity index (χ2n) is 11.1. The number of ether oxygens (including phenoxy) is 1. The summed E-state index contributed by atoms with van der Waals surface area (Å²) in [5, 5.41) is -0.270. The molecule has 39 heavy (non-hydrogen) atoms. The van der Waals surface area contributed by atoms with E-state index in [2.05, 4.69) is 57.4 Å². The van der Waals surface area contributed by atoms with Crippen molar-refractivity contribution in [1.29, 1.82) is 0 Å². The number of rotatable bonds is 8. The first-order chi connectivity index (χ1) is 18.6. The highest BCUT2D eigenvalue weighted by atomic mass is 32.2. The molecule has 1 amide bonds. The molecule has 4 heterocycles. The van der Waals surface area contributed by atoms with E-state index in [0.29, 0.717) is 11.7 Å². The molecule has 0 bridgehead atoms. The van der Waals surface area contributed by atoms with Crippen LogP contribution in [0.1, 0.15) is 51.0 Å². The molecule has 2 aliphatic heterocycles. The van der Waals surface area contributed by atoms with E-state index in [1.54, 1.807) is 30.5 Å². The quantitative estimate of drug-likeness (QED) is 0.446. The van der Waals surface area contributed by atoms with E-state index in [4.69, 9.17) is 4.74 Å². The Bertz CT molecular complexity index is 1440. The van der Waals surface area contributed by atoms with Crippen LogP contribution in [-0.4, -0.2) is 60.5 Å². The first-order valence-corrected chi connectivity index (χ1v) is 14.8. The van der Waals surface area contributed by atoms with Gasteiger partial charge in [0, 0.05) is 45.4 Å². The minimum absolute atomic E-state index is 0. The molecule has 10 heteroatoms. The Balaban J connectivity index is 0.00000370. The van der Waals surface area contributed by atoms with Gasteiger partial charge >= 0.3 is 0 Å². The molecular formula is C29H37N5O4S. The second kappa shape index (κ2) is 10.9. The maximum Gasteiger partial charge on any atom is 0.281 e. The lowest BCUT2D eigenvalue weighted by molar-refractivity contribution is 0.0981. The summed E-state index contributed by atoms with van der Waals surface area (Å²) in [6, 6.07) is 18.0. The number of anilines is 1. The van der Waals surface area contributed by atoms with Crippen LogP contribution in [-0.2, 0) is 16.6 Å². The lowest BCUT2D eigenvalue weighted by atomic mass is 9.97. The molecule has 2 atom stereocenters. The fourth-order valence-corrected chi connectivity index (χ4v) is 6.57. The van der Waals surface area contributed by atoms with E-state index in [1.165, 1.54) is 11.6 Å². The number of carbonyl (C=O) groups is 1. The predicted molar refractivity (Wildman–Crippen MR) is 151 cm³/mol. The number of benzene rings is 1. The van der Waals surface area contributed by atoms with Crippen LogP contribution in [0.3, 0.4) is 0 Å². The van der Waals surface area contributed by atoms with Crippen LogP contribution in [0.4, 0.5) is 5.82 Å². The summed E-state index contributed by atoms with van der Waals surface area (Å²) in [7, 11) is -4.24. The standard InChI is InChI=1S/C29H35N5O4S.H2/c1-21-17-29(2,3)34(18-21)27-24(11-8-15-30-27)28(35)32-39(36,37)26-13-7-12-25(31-26)38-23-14-16-33(20-23)19-22-9-5-4-6-10-22;/h4-13,15,21,23H,14,16-20H2,1-3H3,(H,32,35);1H/t21?,23-;/m0./s1. The molecule has 2 fully saturated rings. The molecule has 0 spiro atoms. The number of nitrogens with zero attached hydrogens (tertiary/aromatic N) is 4. The number of nitrogens with one attached hydrogen (secondary N) is 1. The fourth-order valence-electron chi connectivity index (χ4n) is 5.64. The zero-order valence-corrected chi connectivity index (χ0v) is 23.4. The second-order valence-corrected chi connectivity index (χ2v) is 12.7. The molecule has 1 N–H and O–H groups in total. The lowest BCUT2D eigenvalue weighted by Crippen LogP contribution is -2.41. The number of hydrogen-bond acceptors (Lipinski definition) is 8. The highest BCUT2D eigenvalue weighted by Gasteiger charge is 2.39. The maximum absolute atomic E-state index is 13.2. The zero-order chi connectivity index (χ0) is 27.6. The van der Waals surface area contributed by atoms with Crippen molar-refractivity contribution in [3.8, 4) is 5.88 Å². The SMILES string of the molecule is CC1CN(c2ncccc2C(=O)NS(=O)(=O)c2cccc(O[C@H]3CCN(Cc4ccccc4)C3)n2)C(C)(C)C1.[HH]. The predicted octanol–water partition coefficient (Wildman–Crippen LogP) is 4.12. The van der Waals surface area contributed by atoms with Crippen LogP contribution < -0.4 is 14.4 Å². The first kappa shape index (κ1) is 27.1. The van der Waals surface area contributed by atoms with Gasteiger partial charge in [0.1, 0.15) is 11.9 Å². The van der Waals surface area contributed by atoms with Gasteiger partial charge in [0.25, 0.3) is 15.9 Å². The third-order valence-electron chi connectivity index (χ3n) is 7.33. The van der Waals surface area contributed by atoms with Crippen molar-refractivity contribution < 1.29 is 19.4 Å². The summed E-state index contributed by atoms with van der Waals surface area (Å²) < 4.78 is 34.6. The highest BCUT2D eigenvalue weighted by Crippen LogP contribution is 2.37. The van der Waals surface area contributed by atoms with Gasteiger partial charge in [-0.05, 0) is 56.4 Å². The van der Waals surface area contributed by atoms with E-state index in [0.717, 1.165) is 39.0 Å². The smallest absolute Gasteiger partial charge is 0.281 e. The van der Waals surface area contributed by atoms with Gasteiger partial charge in [0.05, 0.1) is 5.56 Å². The largest absolute Gasteiger partial charge is 0.473 e. The minimum Gasteiger partial charge on any atom is -0.473 e. The monoisotopic (exact) mass is 551 g/mol. The van der Waals surface area contributed by atoms with Crippen LogP contribution in [0.15, 0.2) is 71.9 Å². The lowest BCUT2D eigenvalue weighted by Gasteiger charge is -2.33. The van der Waals surface area contributed by atoms with Gasteiger partial charge in [-0.1, -0.05) is 43.3 Å². The molecule has 1 aromatic carbocycles. The Morgan fingerprint density at radius 3 is 2.64 bits per heavy atom. The Kier molecular flexibility index (Phi) is 7.59. The minimum atomic E-state index is -4.24. The van der Waals surface area contributed by atoms with E-state index in [-0.39, 0.29) is 29.5 Å². The van der Waals surface area contributed by atoms with Gasteiger partial charge in [-0.3, -0.25) is 9.69 Å². The molecule has 2 saturated heterocycles. The van der Waals surface area contributed by atoms with Gasteiger partial charge in [-0.25, -0.2) is 9.71 Å². The summed E-state index contributed by atoms with van der Waals surface area (Å²) in [5.41, 5.74) is 1.24. The molecule has 2 aromatic heterocycles. The maximum atomic E-state index is 13.2. The molecule has 0 saturated carbocycles. The average Bonchev–Trinajstić information content (AvgIpc) is 3.45. The third-order valence-corrected chi connectivity index (χ3v) is 8.56. The Labute approximate surface area is 231 Å². The van der Waals surface area contributed by atoms with Gasteiger partial charge in [0.2, 0.25) is 5.88 Å². The Morgan fingerprint density at radius 2 is 1.90 bits per heavy atom. The normalized spacial score (nSPS) is 21.2. The molecule has 3 aromatic rings. The molecular weight excluding hydrogens is 514 g/mol. The molecule has 5 rings (SSSR count). The number of sulfonamides is 1.